The van der Waals surface area contributed by atoms with E-state index < -0.39 is 6.10 Å². The van der Waals surface area contributed by atoms with Crippen LogP contribution in [0.1, 0.15) is 22.9 Å². The van der Waals surface area contributed by atoms with Crippen LogP contribution in [0.25, 0.3) is 0 Å². The van der Waals surface area contributed by atoms with Gasteiger partial charge in [-0.1, -0.05) is 18.2 Å². The predicted octanol–water partition coefficient (Wildman–Crippen LogP) is 2.61. The van der Waals surface area contributed by atoms with Crippen molar-refractivity contribution in [3.05, 3.63) is 65.2 Å². The molecule has 1 aromatic carbocycles. The van der Waals surface area contributed by atoms with Crippen LogP contribution in [0, 0.1) is 12.7 Å². The van der Waals surface area contributed by atoms with Crippen molar-refractivity contribution in [1.29, 1.82) is 0 Å². The number of nitrogens with zero attached hydrogens (tertiary/aromatic N) is 1. The van der Waals surface area contributed by atoms with Gasteiger partial charge >= 0.3 is 0 Å². The smallest absolute Gasteiger partial charge is 0.126 e. The maximum Gasteiger partial charge on any atom is 0.126 e. The zero-order chi connectivity index (χ0) is 11.5. The molecule has 0 radical (unpaired) electrons. The van der Waals surface area contributed by atoms with E-state index in [-0.39, 0.29) is 5.82 Å². The summed E-state index contributed by atoms with van der Waals surface area (Å²) in [6.45, 7) is 1.67. The maximum atomic E-state index is 13.1. The number of aliphatic hydroxyl groups excluding tert-OH is 1. The third kappa shape index (κ3) is 2.09. The second-order valence-electron chi connectivity index (χ2n) is 3.67. The molecule has 1 heterocycles. The summed E-state index contributed by atoms with van der Waals surface area (Å²) in [5, 5.41) is 10.0. The minimum atomic E-state index is -0.805. The standard InChI is InChI=1S/C13H12FNO/c1-9-8-10(5-6-11(9)14)13(16)12-4-2-3-7-15-12/h2-8,13,16H,1H3. The zero-order valence-electron chi connectivity index (χ0n) is 8.89. The number of aromatic nitrogens is 1. The third-order valence-electron chi connectivity index (χ3n) is 2.47. The number of hydrogen-bond donors (Lipinski definition) is 1. The lowest BCUT2D eigenvalue weighted by atomic mass is 10.0. The molecule has 2 nitrogen and oxygen atoms in total. The first-order valence-electron chi connectivity index (χ1n) is 5.03. The Bertz CT molecular complexity index is 485. The van der Waals surface area contributed by atoms with Gasteiger partial charge in [-0.15, -0.1) is 0 Å². The van der Waals surface area contributed by atoms with Gasteiger partial charge in [0, 0.05) is 6.20 Å². The van der Waals surface area contributed by atoms with E-state index in [0.717, 1.165) is 0 Å². The summed E-state index contributed by atoms with van der Waals surface area (Å²) in [5.74, 6) is -0.267. The summed E-state index contributed by atoms with van der Waals surface area (Å²) in [6.07, 6.45) is 0.815. The van der Waals surface area contributed by atoms with Crippen LogP contribution in [0.5, 0.6) is 0 Å². The van der Waals surface area contributed by atoms with E-state index in [4.69, 9.17) is 0 Å². The Kier molecular flexibility index (Phi) is 2.97. The number of aryl methyl sites for hydroxylation is 1. The minimum absolute atomic E-state index is 0.267. The number of hydrogen-bond acceptors (Lipinski definition) is 2. The molecule has 16 heavy (non-hydrogen) atoms. The molecule has 0 saturated heterocycles. The molecular formula is C13H12FNO. The van der Waals surface area contributed by atoms with E-state index in [1.807, 2.05) is 6.07 Å². The van der Waals surface area contributed by atoms with Crippen molar-refractivity contribution in [2.45, 2.75) is 13.0 Å². The van der Waals surface area contributed by atoms with Gasteiger partial charge in [0.2, 0.25) is 0 Å². The summed E-state index contributed by atoms with van der Waals surface area (Å²) < 4.78 is 13.1. The number of pyridine rings is 1. The van der Waals surface area contributed by atoms with Crippen LogP contribution in [-0.2, 0) is 0 Å². The molecule has 0 aliphatic heterocycles. The SMILES string of the molecule is Cc1cc(C(O)c2ccccn2)ccc1F. The van der Waals surface area contributed by atoms with Gasteiger partial charge in [-0.2, -0.15) is 0 Å². The minimum Gasteiger partial charge on any atom is -0.382 e. The molecule has 82 valence electrons. The van der Waals surface area contributed by atoms with Crippen molar-refractivity contribution in [3.8, 4) is 0 Å². The van der Waals surface area contributed by atoms with Gasteiger partial charge in [0.15, 0.2) is 0 Å². The molecule has 2 rings (SSSR count). The summed E-state index contributed by atoms with van der Waals surface area (Å²) in [5.41, 5.74) is 1.73. The highest BCUT2D eigenvalue weighted by Gasteiger charge is 2.12. The van der Waals surface area contributed by atoms with Crippen molar-refractivity contribution in [1.82, 2.24) is 4.98 Å². The molecule has 0 spiro atoms. The third-order valence-corrected chi connectivity index (χ3v) is 2.47. The van der Waals surface area contributed by atoms with Crippen molar-refractivity contribution >= 4 is 0 Å². The first kappa shape index (κ1) is 10.8. The summed E-state index contributed by atoms with van der Waals surface area (Å²) in [7, 11) is 0. The highest BCUT2D eigenvalue weighted by Crippen LogP contribution is 2.21. The molecule has 1 unspecified atom stereocenters. The van der Waals surface area contributed by atoms with Crippen LogP contribution < -0.4 is 0 Å². The lowest BCUT2D eigenvalue weighted by Gasteiger charge is -2.11. The largest absolute Gasteiger partial charge is 0.382 e. The molecule has 0 bridgehead atoms. The second-order valence-corrected chi connectivity index (χ2v) is 3.67. The monoisotopic (exact) mass is 217 g/mol. The Morgan fingerprint density at radius 1 is 1.25 bits per heavy atom. The molecule has 0 aliphatic carbocycles. The van der Waals surface area contributed by atoms with Crippen LogP contribution in [0.3, 0.4) is 0 Å². The first-order valence-corrected chi connectivity index (χ1v) is 5.03. The molecule has 1 N–H and O–H groups in total. The Labute approximate surface area is 93.4 Å². The predicted molar refractivity (Wildman–Crippen MR) is 59.4 cm³/mol. The average molecular weight is 217 g/mol. The van der Waals surface area contributed by atoms with Gasteiger partial charge in [-0.25, -0.2) is 4.39 Å². The van der Waals surface area contributed by atoms with E-state index in [9.17, 15) is 9.50 Å². The van der Waals surface area contributed by atoms with E-state index in [1.54, 1.807) is 37.4 Å². The number of halogens is 1. The van der Waals surface area contributed by atoms with E-state index in [2.05, 4.69) is 4.98 Å². The Balaban J connectivity index is 2.34. The number of rotatable bonds is 2. The maximum absolute atomic E-state index is 13.1. The van der Waals surface area contributed by atoms with Crippen LogP contribution in [0.4, 0.5) is 4.39 Å². The van der Waals surface area contributed by atoms with Crippen molar-refractivity contribution in [2.24, 2.45) is 0 Å². The van der Waals surface area contributed by atoms with E-state index >= 15 is 0 Å². The molecule has 0 fully saturated rings. The van der Waals surface area contributed by atoms with Crippen molar-refractivity contribution < 1.29 is 9.50 Å². The first-order chi connectivity index (χ1) is 7.68. The normalized spacial score (nSPS) is 12.4. The average Bonchev–Trinajstić information content (AvgIpc) is 2.33. The number of aliphatic hydroxyl groups is 1. The molecule has 0 aliphatic rings. The fourth-order valence-corrected chi connectivity index (χ4v) is 1.55. The summed E-state index contributed by atoms with van der Waals surface area (Å²) >= 11 is 0. The van der Waals surface area contributed by atoms with Gasteiger partial charge in [-0.05, 0) is 36.2 Å². The molecule has 1 aromatic heterocycles. The highest BCUT2D eigenvalue weighted by molar-refractivity contribution is 5.30. The quantitative estimate of drug-likeness (QED) is 0.838. The lowest BCUT2D eigenvalue weighted by molar-refractivity contribution is 0.215. The number of benzene rings is 1. The molecule has 1 atom stereocenters. The van der Waals surface area contributed by atoms with Gasteiger partial charge in [-0.3, -0.25) is 4.98 Å². The van der Waals surface area contributed by atoms with Crippen LogP contribution in [-0.4, -0.2) is 10.1 Å². The van der Waals surface area contributed by atoms with E-state index in [0.29, 0.717) is 16.8 Å². The Morgan fingerprint density at radius 2 is 2.06 bits per heavy atom. The van der Waals surface area contributed by atoms with E-state index in [1.165, 1.54) is 6.07 Å². The van der Waals surface area contributed by atoms with Gasteiger partial charge < -0.3 is 5.11 Å². The molecule has 3 heteroatoms. The van der Waals surface area contributed by atoms with Crippen LogP contribution in [0.15, 0.2) is 42.6 Å². The lowest BCUT2D eigenvalue weighted by Crippen LogP contribution is -2.02. The summed E-state index contributed by atoms with van der Waals surface area (Å²) in [6, 6.07) is 9.89. The zero-order valence-corrected chi connectivity index (χ0v) is 8.89. The van der Waals surface area contributed by atoms with Gasteiger partial charge in [0.05, 0.1) is 5.69 Å². The summed E-state index contributed by atoms with van der Waals surface area (Å²) in [4.78, 5) is 4.06. The van der Waals surface area contributed by atoms with Crippen molar-refractivity contribution in [2.75, 3.05) is 0 Å². The molecular weight excluding hydrogens is 205 g/mol. The second kappa shape index (κ2) is 4.41. The molecule has 2 aromatic rings. The molecule has 0 amide bonds. The fraction of sp³-hybridized carbons (Fsp3) is 0.154. The van der Waals surface area contributed by atoms with Crippen LogP contribution in [0.2, 0.25) is 0 Å². The fourth-order valence-electron chi connectivity index (χ4n) is 1.55. The molecule has 0 saturated carbocycles. The Hall–Kier alpha value is -1.74. The highest BCUT2D eigenvalue weighted by atomic mass is 19.1. The Morgan fingerprint density at radius 3 is 2.69 bits per heavy atom. The topological polar surface area (TPSA) is 33.1 Å². The van der Waals surface area contributed by atoms with Crippen molar-refractivity contribution in [3.63, 3.8) is 0 Å². The van der Waals surface area contributed by atoms with Crippen LogP contribution >= 0.6 is 0 Å². The van der Waals surface area contributed by atoms with Gasteiger partial charge in [0.1, 0.15) is 11.9 Å². The van der Waals surface area contributed by atoms with Gasteiger partial charge in [0.25, 0.3) is 0 Å².